The molecule has 2 aromatic heterocycles. The van der Waals surface area contributed by atoms with Crippen LogP contribution in [0.15, 0.2) is 77.7 Å². The van der Waals surface area contributed by atoms with E-state index in [2.05, 4.69) is 10.3 Å². The number of rotatable bonds is 8. The van der Waals surface area contributed by atoms with Crippen LogP contribution in [0.4, 0.5) is 10.1 Å². The number of hydrogen-bond donors (Lipinski definition) is 2. The number of nitrogens with zero attached hydrogens (tertiary/aromatic N) is 3. The molecule has 10 heteroatoms. The number of fused-ring (bicyclic) bond motifs is 1. The highest BCUT2D eigenvalue weighted by Gasteiger charge is 2.25. The zero-order chi connectivity index (χ0) is 29.3. The normalized spacial score (nSPS) is 11.9. The van der Waals surface area contributed by atoms with Crippen molar-refractivity contribution in [3.63, 3.8) is 0 Å². The van der Waals surface area contributed by atoms with Crippen molar-refractivity contribution in [1.29, 1.82) is 0 Å². The van der Waals surface area contributed by atoms with Gasteiger partial charge in [0.25, 0.3) is 11.5 Å². The third-order valence-electron chi connectivity index (χ3n) is 6.66. The second kappa shape index (κ2) is 11.3. The number of aryl methyl sites for hydroxylation is 1. The molecule has 2 N–H and O–H groups in total. The standard InChI is InChI=1S/C31H29FN4O5/c1-18-5-8-22(9-6-18)36-31(39)29(20(3)35(36)17-19(2)37)30(38)34-21-7-12-28(25(32)15-21)41-27-13-14-33-26-16-23(40-4)10-11-24(26)27/h5-16,19,37H,17H2,1-4H3,(H,34,38)/t19-/m1/s1. The van der Waals surface area contributed by atoms with Crippen LogP contribution in [0.5, 0.6) is 17.2 Å². The molecule has 5 rings (SSSR count). The predicted octanol–water partition coefficient (Wildman–Crippen LogP) is 5.38. The highest BCUT2D eigenvalue weighted by atomic mass is 19.1. The van der Waals surface area contributed by atoms with Gasteiger partial charge < -0.3 is 19.9 Å². The number of aliphatic hydroxyl groups is 1. The second-order valence-corrected chi connectivity index (χ2v) is 9.74. The second-order valence-electron chi connectivity index (χ2n) is 9.74. The SMILES string of the molecule is COc1ccc2c(Oc3ccc(NC(=O)c4c(C)n(C[C@@H](C)O)n(-c5ccc(C)cc5)c4=O)cc3F)ccnc2c1. The molecule has 0 aliphatic heterocycles. The lowest BCUT2D eigenvalue weighted by Gasteiger charge is -2.15. The van der Waals surface area contributed by atoms with Crippen molar-refractivity contribution < 1.29 is 23.8 Å². The van der Waals surface area contributed by atoms with Gasteiger partial charge in [0.15, 0.2) is 11.6 Å². The number of nitrogens with one attached hydrogen (secondary N) is 1. The maximum absolute atomic E-state index is 15.1. The summed E-state index contributed by atoms with van der Waals surface area (Å²) in [6.45, 7) is 5.26. The molecule has 1 amide bonds. The van der Waals surface area contributed by atoms with Crippen LogP contribution >= 0.6 is 0 Å². The van der Waals surface area contributed by atoms with Crippen LogP contribution in [0.25, 0.3) is 16.6 Å². The molecule has 1 atom stereocenters. The molecule has 41 heavy (non-hydrogen) atoms. The minimum Gasteiger partial charge on any atom is -0.497 e. The number of hydrogen-bond acceptors (Lipinski definition) is 6. The average molecular weight is 557 g/mol. The fourth-order valence-electron chi connectivity index (χ4n) is 4.61. The molecule has 0 bridgehead atoms. The van der Waals surface area contributed by atoms with Gasteiger partial charge in [0.1, 0.15) is 17.1 Å². The van der Waals surface area contributed by atoms with Crippen LogP contribution in [-0.2, 0) is 6.54 Å². The number of methoxy groups -OCH3 is 1. The molecule has 9 nitrogen and oxygen atoms in total. The van der Waals surface area contributed by atoms with Crippen LogP contribution in [0.2, 0.25) is 0 Å². The number of pyridine rings is 1. The molecule has 3 aromatic carbocycles. The molecule has 0 spiro atoms. The quantitative estimate of drug-likeness (QED) is 0.266. The monoisotopic (exact) mass is 556 g/mol. The molecule has 0 radical (unpaired) electrons. The molecular weight excluding hydrogens is 527 g/mol. The van der Waals surface area contributed by atoms with Crippen molar-refractivity contribution in [1.82, 2.24) is 14.3 Å². The van der Waals surface area contributed by atoms with Gasteiger partial charge in [0.05, 0.1) is 36.7 Å². The fourth-order valence-corrected chi connectivity index (χ4v) is 4.61. The Balaban J connectivity index is 1.42. The summed E-state index contributed by atoms with van der Waals surface area (Å²) in [6.07, 6.45) is 0.785. The smallest absolute Gasteiger partial charge is 0.284 e. The summed E-state index contributed by atoms with van der Waals surface area (Å²) >= 11 is 0. The number of ether oxygens (including phenoxy) is 2. The van der Waals surface area contributed by atoms with Crippen molar-refractivity contribution in [3.05, 3.63) is 106 Å². The van der Waals surface area contributed by atoms with E-state index in [9.17, 15) is 14.7 Å². The highest BCUT2D eigenvalue weighted by Crippen LogP contribution is 2.33. The van der Waals surface area contributed by atoms with Crippen LogP contribution < -0.4 is 20.3 Å². The van der Waals surface area contributed by atoms with Crippen molar-refractivity contribution in [3.8, 4) is 22.9 Å². The number of carbonyl (C=O) groups is 1. The van der Waals surface area contributed by atoms with E-state index < -0.39 is 23.4 Å². The Kier molecular flexibility index (Phi) is 7.58. The minimum absolute atomic E-state index is 0.0488. The number of amides is 1. The Hall–Kier alpha value is -4.96. The molecule has 0 fully saturated rings. The first-order valence-electron chi connectivity index (χ1n) is 12.9. The summed E-state index contributed by atoms with van der Waals surface area (Å²) in [7, 11) is 1.56. The number of anilines is 1. The molecule has 0 aliphatic rings. The molecular formula is C31H29FN4O5. The van der Waals surface area contributed by atoms with E-state index in [0.717, 1.165) is 11.6 Å². The lowest BCUT2D eigenvalue weighted by Crippen LogP contribution is -2.27. The van der Waals surface area contributed by atoms with Gasteiger partial charge in [-0.2, -0.15) is 0 Å². The Morgan fingerprint density at radius 2 is 1.80 bits per heavy atom. The fraction of sp³-hybridized carbons (Fsp3) is 0.194. The summed E-state index contributed by atoms with van der Waals surface area (Å²) in [5, 5.41) is 13.4. The first-order chi connectivity index (χ1) is 19.7. The zero-order valence-electron chi connectivity index (χ0n) is 23.0. The maximum Gasteiger partial charge on any atom is 0.284 e. The lowest BCUT2D eigenvalue weighted by molar-refractivity contribution is 0.102. The molecule has 0 saturated carbocycles. The number of aromatic nitrogens is 3. The van der Waals surface area contributed by atoms with Crippen molar-refractivity contribution in [2.45, 2.75) is 33.4 Å². The topological polar surface area (TPSA) is 108 Å². The van der Waals surface area contributed by atoms with Gasteiger partial charge in [-0.15, -0.1) is 0 Å². The van der Waals surface area contributed by atoms with Crippen LogP contribution in [0, 0.1) is 19.7 Å². The maximum atomic E-state index is 15.1. The van der Waals surface area contributed by atoms with E-state index in [4.69, 9.17) is 9.47 Å². The zero-order valence-corrected chi connectivity index (χ0v) is 23.0. The number of benzene rings is 3. The number of carbonyl (C=O) groups excluding carboxylic acids is 1. The van der Waals surface area contributed by atoms with E-state index in [1.54, 1.807) is 68.2 Å². The first-order valence-corrected chi connectivity index (χ1v) is 12.9. The van der Waals surface area contributed by atoms with E-state index in [0.29, 0.717) is 33.8 Å². The lowest BCUT2D eigenvalue weighted by atomic mass is 10.2. The van der Waals surface area contributed by atoms with Crippen molar-refractivity contribution in [2.75, 3.05) is 12.4 Å². The van der Waals surface area contributed by atoms with Crippen LogP contribution in [-0.4, -0.2) is 38.6 Å². The van der Waals surface area contributed by atoms with Gasteiger partial charge in [0.2, 0.25) is 0 Å². The molecule has 0 unspecified atom stereocenters. The highest BCUT2D eigenvalue weighted by molar-refractivity contribution is 6.05. The Morgan fingerprint density at radius 3 is 2.49 bits per heavy atom. The van der Waals surface area contributed by atoms with Gasteiger partial charge in [-0.05, 0) is 63.2 Å². The summed E-state index contributed by atoms with van der Waals surface area (Å²) in [5.74, 6) is -0.413. The predicted molar refractivity (Wildman–Crippen MR) is 154 cm³/mol. The Morgan fingerprint density at radius 1 is 1.05 bits per heavy atom. The van der Waals surface area contributed by atoms with Crippen molar-refractivity contribution in [2.24, 2.45) is 0 Å². The first kappa shape index (κ1) is 27.6. The van der Waals surface area contributed by atoms with E-state index in [1.807, 2.05) is 19.1 Å². The largest absolute Gasteiger partial charge is 0.497 e. The van der Waals surface area contributed by atoms with Gasteiger partial charge >= 0.3 is 0 Å². The van der Waals surface area contributed by atoms with Crippen LogP contribution in [0.3, 0.4) is 0 Å². The molecule has 2 heterocycles. The summed E-state index contributed by atoms with van der Waals surface area (Å²) < 4.78 is 29.1. The number of halogens is 1. The summed E-state index contributed by atoms with van der Waals surface area (Å²) in [5.41, 5.74) is 2.05. The van der Waals surface area contributed by atoms with Crippen molar-refractivity contribution >= 4 is 22.5 Å². The Labute approximate surface area is 235 Å². The molecule has 0 saturated heterocycles. The minimum atomic E-state index is -0.769. The van der Waals surface area contributed by atoms with E-state index in [1.165, 1.54) is 16.8 Å². The van der Waals surface area contributed by atoms with Gasteiger partial charge in [0, 0.05) is 29.4 Å². The van der Waals surface area contributed by atoms with Gasteiger partial charge in [-0.3, -0.25) is 19.3 Å². The molecule has 210 valence electrons. The third-order valence-corrected chi connectivity index (χ3v) is 6.66. The summed E-state index contributed by atoms with van der Waals surface area (Å²) in [6, 6.07) is 18.2. The Bertz CT molecular complexity index is 1810. The van der Waals surface area contributed by atoms with Gasteiger partial charge in [-0.25, -0.2) is 9.07 Å². The van der Waals surface area contributed by atoms with E-state index in [-0.39, 0.29) is 23.5 Å². The summed E-state index contributed by atoms with van der Waals surface area (Å²) in [4.78, 5) is 31.1. The average Bonchev–Trinajstić information content (AvgIpc) is 3.18. The molecule has 0 aliphatic carbocycles. The van der Waals surface area contributed by atoms with E-state index >= 15 is 4.39 Å². The number of aliphatic hydroxyl groups excluding tert-OH is 1. The third kappa shape index (κ3) is 5.55. The molecule has 5 aromatic rings. The van der Waals surface area contributed by atoms with Crippen LogP contribution in [0.1, 0.15) is 28.5 Å². The van der Waals surface area contributed by atoms with Gasteiger partial charge in [-0.1, -0.05) is 17.7 Å².